The van der Waals surface area contributed by atoms with Crippen molar-refractivity contribution in [2.45, 2.75) is 54.0 Å². The Bertz CT molecular complexity index is 383. The zero-order valence-corrected chi connectivity index (χ0v) is 13.9. The smallest absolute Gasteiger partial charge is 0.0738 e. The van der Waals surface area contributed by atoms with Crippen molar-refractivity contribution in [2.24, 2.45) is 5.41 Å². The monoisotopic (exact) mass is 315 g/mol. The van der Waals surface area contributed by atoms with Crippen LogP contribution in [0.15, 0.2) is 4.47 Å². The molecule has 0 saturated heterocycles. The zero-order chi connectivity index (χ0) is 13.8. The first-order chi connectivity index (χ1) is 8.41. The molecule has 3 nitrogen and oxygen atoms in total. The fraction of sp³-hybridized carbons (Fsp3) is 0.786. The molecule has 0 saturated carbocycles. The van der Waals surface area contributed by atoms with Crippen LogP contribution in [0.3, 0.4) is 0 Å². The largest absolute Gasteiger partial charge is 0.317 e. The number of nitrogens with one attached hydrogen (secondary N) is 1. The highest BCUT2D eigenvalue weighted by molar-refractivity contribution is 9.10. The Labute approximate surface area is 119 Å². The highest BCUT2D eigenvalue weighted by atomic mass is 79.9. The average molecular weight is 316 g/mol. The predicted molar refractivity (Wildman–Crippen MR) is 81.0 cm³/mol. The molecule has 0 aliphatic rings. The van der Waals surface area contributed by atoms with Crippen molar-refractivity contribution in [3.8, 4) is 0 Å². The van der Waals surface area contributed by atoms with Gasteiger partial charge in [0.05, 0.1) is 15.9 Å². The molecule has 0 atom stereocenters. The summed E-state index contributed by atoms with van der Waals surface area (Å²) in [5.74, 6) is 0. The Morgan fingerprint density at radius 3 is 2.56 bits per heavy atom. The lowest BCUT2D eigenvalue weighted by Gasteiger charge is -2.25. The zero-order valence-electron chi connectivity index (χ0n) is 12.3. The molecule has 1 aromatic rings. The van der Waals surface area contributed by atoms with Crippen molar-refractivity contribution in [1.82, 2.24) is 15.1 Å². The van der Waals surface area contributed by atoms with Crippen LogP contribution in [0, 0.1) is 12.3 Å². The fourth-order valence-electron chi connectivity index (χ4n) is 2.18. The molecule has 0 amide bonds. The number of aromatic nitrogens is 2. The van der Waals surface area contributed by atoms with Gasteiger partial charge in [0.15, 0.2) is 0 Å². The summed E-state index contributed by atoms with van der Waals surface area (Å²) in [6, 6.07) is 0. The maximum atomic E-state index is 4.56. The molecule has 18 heavy (non-hydrogen) atoms. The standard InChI is InChI=1S/C14H26BrN3/c1-6-16-9-8-14(4,5)10-12-13(15)11(3)17-18(12)7-2/h16H,6-10H2,1-5H3. The third-order valence-electron chi connectivity index (χ3n) is 3.33. The second-order valence-electron chi connectivity index (χ2n) is 5.61. The summed E-state index contributed by atoms with van der Waals surface area (Å²) in [5, 5.41) is 7.97. The number of hydrogen-bond acceptors (Lipinski definition) is 2. The molecular formula is C14H26BrN3. The van der Waals surface area contributed by atoms with E-state index in [4.69, 9.17) is 0 Å². The SMILES string of the molecule is CCNCCC(C)(C)Cc1c(Br)c(C)nn1CC. The van der Waals surface area contributed by atoms with Gasteiger partial charge in [-0.05, 0) is 61.1 Å². The van der Waals surface area contributed by atoms with Crippen molar-refractivity contribution < 1.29 is 0 Å². The van der Waals surface area contributed by atoms with Crippen LogP contribution >= 0.6 is 15.9 Å². The Kier molecular flexibility index (Phi) is 5.86. The van der Waals surface area contributed by atoms with E-state index in [1.165, 1.54) is 16.6 Å². The van der Waals surface area contributed by atoms with Gasteiger partial charge in [-0.1, -0.05) is 20.8 Å². The molecule has 1 aromatic heterocycles. The van der Waals surface area contributed by atoms with Gasteiger partial charge < -0.3 is 5.32 Å². The van der Waals surface area contributed by atoms with Crippen LogP contribution in [0.25, 0.3) is 0 Å². The molecule has 0 unspecified atom stereocenters. The van der Waals surface area contributed by atoms with E-state index in [2.05, 4.69) is 65.6 Å². The average Bonchev–Trinajstić information content (AvgIpc) is 2.56. The molecule has 0 bridgehead atoms. The molecule has 0 fully saturated rings. The maximum absolute atomic E-state index is 4.56. The molecule has 104 valence electrons. The van der Waals surface area contributed by atoms with Gasteiger partial charge in [0.1, 0.15) is 0 Å². The van der Waals surface area contributed by atoms with E-state index in [1.54, 1.807) is 0 Å². The summed E-state index contributed by atoms with van der Waals surface area (Å²) in [5.41, 5.74) is 2.72. The van der Waals surface area contributed by atoms with Crippen LogP contribution < -0.4 is 5.32 Å². The summed E-state index contributed by atoms with van der Waals surface area (Å²) in [6.07, 6.45) is 2.24. The summed E-state index contributed by atoms with van der Waals surface area (Å²) in [4.78, 5) is 0. The molecule has 1 rings (SSSR count). The van der Waals surface area contributed by atoms with Crippen LogP contribution in [-0.2, 0) is 13.0 Å². The van der Waals surface area contributed by atoms with Gasteiger partial charge in [0.25, 0.3) is 0 Å². The number of rotatable bonds is 7. The first kappa shape index (κ1) is 15.7. The minimum Gasteiger partial charge on any atom is -0.317 e. The van der Waals surface area contributed by atoms with Crippen LogP contribution in [-0.4, -0.2) is 22.9 Å². The van der Waals surface area contributed by atoms with Crippen molar-refractivity contribution in [1.29, 1.82) is 0 Å². The first-order valence-electron chi connectivity index (χ1n) is 6.83. The van der Waals surface area contributed by atoms with Crippen LogP contribution in [0.1, 0.15) is 45.5 Å². The molecule has 0 aromatic carbocycles. The normalized spacial score (nSPS) is 12.1. The van der Waals surface area contributed by atoms with E-state index < -0.39 is 0 Å². The lowest BCUT2D eigenvalue weighted by molar-refractivity contribution is 0.316. The minimum atomic E-state index is 0.296. The fourth-order valence-corrected chi connectivity index (χ4v) is 2.61. The van der Waals surface area contributed by atoms with Crippen LogP contribution in [0.5, 0.6) is 0 Å². The van der Waals surface area contributed by atoms with Gasteiger partial charge in [-0.3, -0.25) is 4.68 Å². The second-order valence-corrected chi connectivity index (χ2v) is 6.40. The molecule has 1 heterocycles. The summed E-state index contributed by atoms with van der Waals surface area (Å²) < 4.78 is 3.30. The summed E-state index contributed by atoms with van der Waals surface area (Å²) in [7, 11) is 0. The van der Waals surface area contributed by atoms with Gasteiger partial charge >= 0.3 is 0 Å². The number of halogens is 1. The van der Waals surface area contributed by atoms with E-state index >= 15 is 0 Å². The van der Waals surface area contributed by atoms with Crippen molar-refractivity contribution >= 4 is 15.9 Å². The van der Waals surface area contributed by atoms with E-state index in [0.29, 0.717) is 5.41 Å². The first-order valence-corrected chi connectivity index (χ1v) is 7.63. The minimum absolute atomic E-state index is 0.296. The second kappa shape index (κ2) is 6.71. The summed E-state index contributed by atoms with van der Waals surface area (Å²) in [6.45, 7) is 14.1. The molecule has 0 spiro atoms. The highest BCUT2D eigenvalue weighted by Gasteiger charge is 2.23. The van der Waals surface area contributed by atoms with Crippen molar-refractivity contribution in [3.63, 3.8) is 0 Å². The Morgan fingerprint density at radius 2 is 2.00 bits per heavy atom. The molecule has 0 radical (unpaired) electrons. The Hall–Kier alpha value is -0.350. The summed E-state index contributed by atoms with van der Waals surface area (Å²) >= 11 is 3.68. The van der Waals surface area contributed by atoms with Gasteiger partial charge in [0, 0.05) is 6.54 Å². The quantitative estimate of drug-likeness (QED) is 0.780. The van der Waals surface area contributed by atoms with E-state index in [0.717, 1.165) is 31.7 Å². The number of hydrogen-bond donors (Lipinski definition) is 1. The highest BCUT2D eigenvalue weighted by Crippen LogP contribution is 2.30. The molecule has 0 aliphatic heterocycles. The van der Waals surface area contributed by atoms with E-state index in [9.17, 15) is 0 Å². The van der Waals surface area contributed by atoms with Crippen molar-refractivity contribution in [2.75, 3.05) is 13.1 Å². The third kappa shape index (κ3) is 4.09. The molecule has 0 aliphatic carbocycles. The number of aryl methyl sites for hydroxylation is 2. The van der Waals surface area contributed by atoms with Gasteiger partial charge in [0.2, 0.25) is 0 Å². The third-order valence-corrected chi connectivity index (χ3v) is 4.36. The predicted octanol–water partition coefficient (Wildman–Crippen LogP) is 3.54. The van der Waals surface area contributed by atoms with Crippen molar-refractivity contribution in [3.05, 3.63) is 15.9 Å². The topological polar surface area (TPSA) is 29.9 Å². The Morgan fingerprint density at radius 1 is 1.33 bits per heavy atom. The van der Waals surface area contributed by atoms with Gasteiger partial charge in [-0.15, -0.1) is 0 Å². The van der Waals surface area contributed by atoms with Crippen LogP contribution in [0.2, 0.25) is 0 Å². The number of nitrogens with zero attached hydrogens (tertiary/aromatic N) is 2. The lowest BCUT2D eigenvalue weighted by Crippen LogP contribution is -2.25. The van der Waals surface area contributed by atoms with E-state index in [1.807, 2.05) is 0 Å². The molecule has 4 heteroatoms. The van der Waals surface area contributed by atoms with Crippen LogP contribution in [0.4, 0.5) is 0 Å². The van der Waals surface area contributed by atoms with E-state index in [-0.39, 0.29) is 0 Å². The lowest BCUT2D eigenvalue weighted by atomic mass is 9.84. The molecular weight excluding hydrogens is 290 g/mol. The molecule has 1 N–H and O–H groups in total. The Balaban J connectivity index is 2.76. The van der Waals surface area contributed by atoms with Gasteiger partial charge in [-0.25, -0.2) is 0 Å². The van der Waals surface area contributed by atoms with Gasteiger partial charge in [-0.2, -0.15) is 5.10 Å². The maximum Gasteiger partial charge on any atom is 0.0738 e.